The summed E-state index contributed by atoms with van der Waals surface area (Å²) in [5.74, 6) is -0.849. The molecule has 0 spiro atoms. The van der Waals surface area contributed by atoms with Crippen LogP contribution in [0.15, 0.2) is 54.6 Å². The predicted octanol–water partition coefficient (Wildman–Crippen LogP) is 3.93. The van der Waals surface area contributed by atoms with E-state index in [9.17, 15) is 9.90 Å². The Labute approximate surface area is 117 Å². The molecule has 0 amide bonds. The van der Waals surface area contributed by atoms with Crippen molar-refractivity contribution in [2.24, 2.45) is 0 Å². The van der Waals surface area contributed by atoms with Crippen molar-refractivity contribution < 1.29 is 9.90 Å². The number of benzene rings is 2. The van der Waals surface area contributed by atoms with Crippen molar-refractivity contribution in [1.29, 1.82) is 0 Å². The molecule has 2 aromatic rings. The molecule has 0 bridgehead atoms. The minimum Gasteiger partial charge on any atom is -0.481 e. The lowest BCUT2D eigenvalue weighted by Crippen LogP contribution is -2.34. The molecule has 1 unspecified atom stereocenters. The van der Waals surface area contributed by atoms with Crippen LogP contribution in [0.3, 0.4) is 0 Å². The first-order valence-electron chi connectivity index (χ1n) is 6.06. The second-order valence-electron chi connectivity index (χ2n) is 4.77. The lowest BCUT2D eigenvalue weighted by molar-refractivity contribution is -0.143. The lowest BCUT2D eigenvalue weighted by atomic mass is 9.77. The Balaban J connectivity index is 2.42. The maximum Gasteiger partial charge on any atom is 0.314 e. The van der Waals surface area contributed by atoms with Crippen LogP contribution in [0, 0.1) is 0 Å². The van der Waals surface area contributed by atoms with Crippen molar-refractivity contribution in [3.63, 3.8) is 0 Å². The molecule has 0 aliphatic rings. The molecule has 2 rings (SSSR count). The first kappa shape index (κ1) is 13.6. The molecule has 0 aliphatic heterocycles. The van der Waals surface area contributed by atoms with Crippen LogP contribution in [0.2, 0.25) is 5.02 Å². The summed E-state index contributed by atoms with van der Waals surface area (Å²) in [6.07, 6.45) is 0.367. The molecule has 1 N–H and O–H groups in total. The number of carbonyl (C=O) groups is 1. The number of carboxylic acid groups (broad SMARTS) is 1. The first-order chi connectivity index (χ1) is 9.04. The van der Waals surface area contributed by atoms with Crippen LogP contribution in [0.25, 0.3) is 0 Å². The van der Waals surface area contributed by atoms with Gasteiger partial charge in [-0.2, -0.15) is 0 Å². The summed E-state index contributed by atoms with van der Waals surface area (Å²) in [7, 11) is 0. The van der Waals surface area contributed by atoms with Crippen LogP contribution in [0.5, 0.6) is 0 Å². The molecule has 19 heavy (non-hydrogen) atoms. The third kappa shape index (κ3) is 2.79. The lowest BCUT2D eigenvalue weighted by Gasteiger charge is -2.26. The Hall–Kier alpha value is -1.80. The fraction of sp³-hybridized carbons (Fsp3) is 0.188. The molecule has 98 valence electrons. The zero-order valence-corrected chi connectivity index (χ0v) is 11.4. The molecule has 3 heteroatoms. The molecular weight excluding hydrogens is 260 g/mol. The highest BCUT2D eigenvalue weighted by Crippen LogP contribution is 2.31. The SMILES string of the molecule is CC(Cc1ccccc1Cl)(C(=O)O)c1ccccc1. The van der Waals surface area contributed by atoms with E-state index in [1.807, 2.05) is 48.5 Å². The zero-order chi connectivity index (χ0) is 13.9. The highest BCUT2D eigenvalue weighted by atomic mass is 35.5. The zero-order valence-electron chi connectivity index (χ0n) is 10.6. The number of hydrogen-bond acceptors (Lipinski definition) is 1. The summed E-state index contributed by atoms with van der Waals surface area (Å²) in [6.45, 7) is 1.73. The largest absolute Gasteiger partial charge is 0.481 e. The molecule has 0 aliphatic carbocycles. The van der Waals surface area contributed by atoms with Gasteiger partial charge in [-0.15, -0.1) is 0 Å². The van der Waals surface area contributed by atoms with Gasteiger partial charge in [-0.3, -0.25) is 4.79 Å². The summed E-state index contributed by atoms with van der Waals surface area (Å²) in [5, 5.41) is 10.2. The Morgan fingerprint density at radius 3 is 2.26 bits per heavy atom. The highest BCUT2D eigenvalue weighted by molar-refractivity contribution is 6.31. The van der Waals surface area contributed by atoms with E-state index in [0.29, 0.717) is 11.4 Å². The Morgan fingerprint density at radius 2 is 1.68 bits per heavy atom. The number of carboxylic acids is 1. The van der Waals surface area contributed by atoms with E-state index in [2.05, 4.69) is 0 Å². The molecule has 2 aromatic carbocycles. The third-order valence-corrected chi connectivity index (χ3v) is 3.75. The van der Waals surface area contributed by atoms with Gasteiger partial charge in [0.1, 0.15) is 0 Å². The van der Waals surface area contributed by atoms with E-state index < -0.39 is 11.4 Å². The topological polar surface area (TPSA) is 37.3 Å². The molecule has 0 saturated heterocycles. The number of hydrogen-bond donors (Lipinski definition) is 1. The maximum absolute atomic E-state index is 11.7. The minimum absolute atomic E-state index is 0.367. The molecular formula is C16H15ClO2. The molecule has 0 radical (unpaired) electrons. The van der Waals surface area contributed by atoms with Gasteiger partial charge in [0.25, 0.3) is 0 Å². The van der Waals surface area contributed by atoms with Gasteiger partial charge in [0.15, 0.2) is 0 Å². The normalized spacial score (nSPS) is 13.8. The van der Waals surface area contributed by atoms with Gasteiger partial charge in [-0.1, -0.05) is 60.1 Å². The van der Waals surface area contributed by atoms with Crippen molar-refractivity contribution in [3.05, 3.63) is 70.7 Å². The first-order valence-corrected chi connectivity index (χ1v) is 6.44. The number of halogens is 1. The predicted molar refractivity (Wildman–Crippen MR) is 76.6 cm³/mol. The maximum atomic E-state index is 11.7. The van der Waals surface area contributed by atoms with Crippen LogP contribution < -0.4 is 0 Å². The number of rotatable bonds is 4. The van der Waals surface area contributed by atoms with E-state index in [-0.39, 0.29) is 0 Å². The molecule has 0 aromatic heterocycles. The van der Waals surface area contributed by atoms with Crippen molar-refractivity contribution in [2.75, 3.05) is 0 Å². The Morgan fingerprint density at radius 1 is 1.11 bits per heavy atom. The fourth-order valence-corrected chi connectivity index (χ4v) is 2.33. The Bertz CT molecular complexity index is 580. The van der Waals surface area contributed by atoms with Crippen LogP contribution >= 0.6 is 11.6 Å². The quantitative estimate of drug-likeness (QED) is 0.917. The van der Waals surface area contributed by atoms with E-state index in [1.54, 1.807) is 13.0 Å². The van der Waals surface area contributed by atoms with Crippen LogP contribution in [0.1, 0.15) is 18.1 Å². The second kappa shape index (κ2) is 5.45. The summed E-state index contributed by atoms with van der Waals surface area (Å²) < 4.78 is 0. The van der Waals surface area contributed by atoms with Gasteiger partial charge < -0.3 is 5.11 Å². The molecule has 1 atom stereocenters. The molecule has 0 saturated carbocycles. The van der Waals surface area contributed by atoms with Crippen LogP contribution in [-0.2, 0) is 16.6 Å². The van der Waals surface area contributed by atoms with Crippen molar-refractivity contribution in [3.8, 4) is 0 Å². The van der Waals surface area contributed by atoms with E-state index in [4.69, 9.17) is 11.6 Å². The molecule has 0 fully saturated rings. The summed E-state index contributed by atoms with van der Waals surface area (Å²) in [5.41, 5.74) is 0.645. The molecule has 2 nitrogen and oxygen atoms in total. The molecule has 0 heterocycles. The highest BCUT2D eigenvalue weighted by Gasteiger charge is 2.35. The standard InChI is InChI=1S/C16H15ClO2/c1-16(15(18)19,13-8-3-2-4-9-13)11-12-7-5-6-10-14(12)17/h2-10H,11H2,1H3,(H,18,19). The Kier molecular flexibility index (Phi) is 3.91. The smallest absolute Gasteiger partial charge is 0.314 e. The average molecular weight is 275 g/mol. The van der Waals surface area contributed by atoms with Crippen molar-refractivity contribution in [1.82, 2.24) is 0 Å². The van der Waals surface area contributed by atoms with Gasteiger partial charge in [-0.05, 0) is 30.5 Å². The van der Waals surface area contributed by atoms with Gasteiger partial charge in [0, 0.05) is 5.02 Å². The second-order valence-corrected chi connectivity index (χ2v) is 5.18. The summed E-state index contributed by atoms with van der Waals surface area (Å²) in [6, 6.07) is 16.6. The van der Waals surface area contributed by atoms with Crippen LogP contribution in [0.4, 0.5) is 0 Å². The van der Waals surface area contributed by atoms with Gasteiger partial charge >= 0.3 is 5.97 Å². The number of aliphatic carboxylic acids is 1. The van der Waals surface area contributed by atoms with Gasteiger partial charge in [0.2, 0.25) is 0 Å². The van der Waals surface area contributed by atoms with Gasteiger partial charge in [0.05, 0.1) is 5.41 Å². The van der Waals surface area contributed by atoms with Crippen LogP contribution in [-0.4, -0.2) is 11.1 Å². The minimum atomic E-state index is -0.980. The van der Waals surface area contributed by atoms with E-state index in [0.717, 1.165) is 11.1 Å². The van der Waals surface area contributed by atoms with Crippen molar-refractivity contribution >= 4 is 17.6 Å². The fourth-order valence-electron chi connectivity index (χ4n) is 2.13. The van der Waals surface area contributed by atoms with Crippen molar-refractivity contribution in [2.45, 2.75) is 18.8 Å². The van der Waals surface area contributed by atoms with E-state index in [1.165, 1.54) is 0 Å². The monoisotopic (exact) mass is 274 g/mol. The third-order valence-electron chi connectivity index (χ3n) is 3.38. The van der Waals surface area contributed by atoms with Gasteiger partial charge in [-0.25, -0.2) is 0 Å². The summed E-state index contributed by atoms with van der Waals surface area (Å²) >= 11 is 6.13. The summed E-state index contributed by atoms with van der Waals surface area (Å²) in [4.78, 5) is 11.7. The average Bonchev–Trinajstić information content (AvgIpc) is 2.42. The van der Waals surface area contributed by atoms with E-state index >= 15 is 0 Å².